The fourth-order valence-electron chi connectivity index (χ4n) is 2.29. The van der Waals surface area contributed by atoms with Crippen LogP contribution in [0.15, 0.2) is 5.16 Å². The lowest BCUT2D eigenvalue weighted by molar-refractivity contribution is 0.149. The van der Waals surface area contributed by atoms with Crippen molar-refractivity contribution in [2.45, 2.75) is 38.5 Å². The van der Waals surface area contributed by atoms with Gasteiger partial charge in [-0.3, -0.25) is 4.84 Å². The highest BCUT2D eigenvalue weighted by Gasteiger charge is 2.27. The number of carbonyl (C=O) groups is 1. The Hall–Kier alpha value is -0.980. The van der Waals surface area contributed by atoms with Gasteiger partial charge in [0.25, 0.3) is 6.43 Å². The van der Waals surface area contributed by atoms with E-state index in [1.165, 1.54) is 25.4 Å². The van der Waals surface area contributed by atoms with Crippen LogP contribution in [0.5, 0.6) is 0 Å². The highest BCUT2D eigenvalue weighted by Crippen LogP contribution is 2.27. The molecule has 146 valence electrons. The first-order valence-corrected chi connectivity index (χ1v) is 10.1. The highest BCUT2D eigenvalue weighted by molar-refractivity contribution is 7.96. The zero-order valence-electron chi connectivity index (χ0n) is 14.4. The van der Waals surface area contributed by atoms with Gasteiger partial charge in [-0.2, -0.15) is 0 Å². The second-order valence-corrected chi connectivity index (χ2v) is 9.04. The summed E-state index contributed by atoms with van der Waals surface area (Å²) in [4.78, 5) is 16.1. The van der Waals surface area contributed by atoms with Gasteiger partial charge in [0.1, 0.15) is 11.6 Å². The average molecular weight is 402 g/mol. The third-order valence-electron chi connectivity index (χ3n) is 3.67. The van der Waals surface area contributed by atoms with Gasteiger partial charge >= 0.3 is 6.09 Å². The van der Waals surface area contributed by atoms with Gasteiger partial charge in [-0.25, -0.2) is 35.3 Å². The molecule has 1 rings (SSSR count). The maximum absolute atomic E-state index is 13.1. The van der Waals surface area contributed by atoms with E-state index >= 15 is 0 Å². The van der Waals surface area contributed by atoms with Crippen LogP contribution in [0.4, 0.5) is 13.6 Å². The van der Waals surface area contributed by atoms with Crippen molar-refractivity contribution in [2.75, 3.05) is 27.0 Å². The standard InChI is InChI=1S/C13H24F2N4O4S2/c1-18(2)25(21,22)9-19(3)24-17-13(20)23-16-11(12(14)15)10-7-5-4-6-8-10/h10,12H,4-9H2,1-3H3,(H,17,20). The monoisotopic (exact) mass is 402 g/mol. The molecule has 1 aliphatic rings. The van der Waals surface area contributed by atoms with Crippen LogP contribution in [-0.2, 0) is 14.9 Å². The molecule has 0 bridgehead atoms. The summed E-state index contributed by atoms with van der Waals surface area (Å²) in [6, 6.07) is 0. The molecule has 25 heavy (non-hydrogen) atoms. The number of hydrogen-bond donors (Lipinski definition) is 1. The quantitative estimate of drug-likeness (QED) is 0.290. The van der Waals surface area contributed by atoms with Gasteiger partial charge in [-0.1, -0.05) is 24.4 Å². The summed E-state index contributed by atoms with van der Waals surface area (Å²) in [7, 11) is 0.750. The number of alkyl halides is 2. The van der Waals surface area contributed by atoms with E-state index in [2.05, 4.69) is 14.7 Å². The Labute approximate surface area is 151 Å². The molecule has 8 nitrogen and oxygen atoms in total. The van der Waals surface area contributed by atoms with Crippen LogP contribution in [0, 0.1) is 5.92 Å². The van der Waals surface area contributed by atoms with Crippen molar-refractivity contribution in [3.05, 3.63) is 0 Å². The largest absolute Gasteiger partial charge is 0.444 e. The van der Waals surface area contributed by atoms with Crippen LogP contribution in [0.25, 0.3) is 0 Å². The van der Waals surface area contributed by atoms with Crippen LogP contribution >= 0.6 is 12.1 Å². The summed E-state index contributed by atoms with van der Waals surface area (Å²) in [6.45, 7) is 0. The molecule has 0 aromatic heterocycles. The van der Waals surface area contributed by atoms with Gasteiger partial charge in [0.15, 0.2) is 0 Å². The second kappa shape index (κ2) is 10.2. The Morgan fingerprint density at radius 3 is 2.40 bits per heavy atom. The molecule has 12 heteroatoms. The predicted molar refractivity (Wildman–Crippen MR) is 92.5 cm³/mol. The van der Waals surface area contributed by atoms with Crippen molar-refractivity contribution in [3.8, 4) is 0 Å². The number of rotatable bonds is 8. The Kier molecular flexibility index (Phi) is 9.03. The van der Waals surface area contributed by atoms with E-state index in [4.69, 9.17) is 0 Å². The van der Waals surface area contributed by atoms with Crippen LogP contribution in [0.2, 0.25) is 0 Å². The zero-order valence-corrected chi connectivity index (χ0v) is 16.1. The molecule has 0 aliphatic heterocycles. The predicted octanol–water partition coefficient (Wildman–Crippen LogP) is 2.26. The molecular formula is C13H24F2N4O4S2. The fourth-order valence-corrected chi connectivity index (χ4v) is 3.86. The smallest absolute Gasteiger partial charge is 0.297 e. The van der Waals surface area contributed by atoms with Crippen LogP contribution in [0.3, 0.4) is 0 Å². The van der Waals surface area contributed by atoms with Crippen molar-refractivity contribution >= 4 is 34.0 Å². The summed E-state index contributed by atoms with van der Waals surface area (Å²) in [5.74, 6) is -0.722. The van der Waals surface area contributed by atoms with Gasteiger partial charge in [0.05, 0.1) is 0 Å². The number of oxime groups is 1. The summed E-state index contributed by atoms with van der Waals surface area (Å²) < 4.78 is 54.0. The first-order valence-electron chi connectivity index (χ1n) is 7.74. The SMILES string of the molecule is CN(CS(=O)(=O)N(C)C)SNC(=O)ON=C(C(F)F)C1CCCCC1. The third kappa shape index (κ3) is 7.84. The number of hydrogen-bond acceptors (Lipinski definition) is 7. The number of halogens is 2. The molecule has 0 saturated heterocycles. The summed E-state index contributed by atoms with van der Waals surface area (Å²) in [5, 5.41) is 3.32. The molecule has 1 aliphatic carbocycles. The Morgan fingerprint density at radius 2 is 1.88 bits per heavy atom. The number of nitrogens with one attached hydrogen (secondary N) is 1. The maximum Gasteiger partial charge on any atom is 0.444 e. The molecule has 0 atom stereocenters. The lowest BCUT2D eigenvalue weighted by atomic mass is 9.86. The Bertz CT molecular complexity index is 566. The molecule has 0 radical (unpaired) electrons. The molecule has 0 aromatic rings. The number of amides is 1. The minimum absolute atomic E-state index is 0.349. The molecule has 1 N–H and O–H groups in total. The lowest BCUT2D eigenvalue weighted by Crippen LogP contribution is -2.33. The van der Waals surface area contributed by atoms with Crippen LogP contribution in [-0.4, -0.2) is 62.3 Å². The number of nitrogens with zero attached hydrogens (tertiary/aromatic N) is 3. The van der Waals surface area contributed by atoms with Crippen LogP contribution < -0.4 is 4.72 Å². The van der Waals surface area contributed by atoms with Crippen molar-refractivity contribution in [2.24, 2.45) is 11.1 Å². The van der Waals surface area contributed by atoms with Gasteiger partial charge < -0.3 is 0 Å². The molecule has 1 amide bonds. The second-order valence-electron chi connectivity index (χ2n) is 5.88. The molecule has 0 unspecified atom stereocenters. The van der Waals surface area contributed by atoms with E-state index in [0.29, 0.717) is 25.0 Å². The van der Waals surface area contributed by atoms with E-state index < -0.39 is 28.3 Å². The van der Waals surface area contributed by atoms with Crippen molar-refractivity contribution in [3.63, 3.8) is 0 Å². The third-order valence-corrected chi connectivity index (χ3v) is 6.36. The first kappa shape index (κ1) is 22.1. The normalized spacial score (nSPS) is 17.4. The molecule has 0 spiro atoms. The molecule has 1 saturated carbocycles. The Balaban J connectivity index is 2.49. The topological polar surface area (TPSA) is 91.3 Å². The van der Waals surface area contributed by atoms with E-state index in [1.807, 2.05) is 0 Å². The fraction of sp³-hybridized carbons (Fsp3) is 0.846. The summed E-state index contributed by atoms with van der Waals surface area (Å²) >= 11 is 0.671. The molecule has 0 aromatic carbocycles. The lowest BCUT2D eigenvalue weighted by Gasteiger charge is -2.22. The zero-order chi connectivity index (χ0) is 19.0. The minimum Gasteiger partial charge on any atom is -0.297 e. The molecule has 1 fully saturated rings. The molecule has 0 heterocycles. The van der Waals surface area contributed by atoms with Gasteiger partial charge in [0, 0.05) is 39.2 Å². The van der Waals surface area contributed by atoms with Crippen LogP contribution in [0.1, 0.15) is 32.1 Å². The van der Waals surface area contributed by atoms with Gasteiger partial charge in [0.2, 0.25) is 10.0 Å². The van der Waals surface area contributed by atoms with Gasteiger partial charge in [-0.05, 0) is 12.8 Å². The Morgan fingerprint density at radius 1 is 1.28 bits per heavy atom. The van der Waals surface area contributed by atoms with Gasteiger partial charge in [-0.15, -0.1) is 0 Å². The summed E-state index contributed by atoms with van der Waals surface area (Å²) in [5.41, 5.74) is -0.414. The number of sulfonamides is 1. The summed E-state index contributed by atoms with van der Waals surface area (Å²) in [6.07, 6.45) is 0.0900. The number of carbonyl (C=O) groups excluding carboxylic acids is 1. The van der Waals surface area contributed by atoms with Crippen molar-refractivity contribution in [1.82, 2.24) is 13.3 Å². The van der Waals surface area contributed by atoms with E-state index in [9.17, 15) is 22.0 Å². The van der Waals surface area contributed by atoms with E-state index in [0.717, 1.165) is 23.6 Å². The average Bonchev–Trinajstić information content (AvgIpc) is 2.53. The molecular weight excluding hydrogens is 378 g/mol. The maximum atomic E-state index is 13.1. The first-order chi connectivity index (χ1) is 11.6. The van der Waals surface area contributed by atoms with Crippen molar-refractivity contribution in [1.29, 1.82) is 0 Å². The van der Waals surface area contributed by atoms with Crippen molar-refractivity contribution < 1.29 is 26.8 Å². The van der Waals surface area contributed by atoms with E-state index in [-0.39, 0.29) is 11.8 Å². The highest BCUT2D eigenvalue weighted by atomic mass is 32.2. The minimum atomic E-state index is -3.48. The van der Waals surface area contributed by atoms with E-state index in [1.54, 1.807) is 0 Å².